The van der Waals surface area contributed by atoms with Crippen molar-refractivity contribution < 1.29 is 19.4 Å². The average Bonchev–Trinajstić information content (AvgIpc) is 2.74. The first kappa shape index (κ1) is 18.0. The summed E-state index contributed by atoms with van der Waals surface area (Å²) in [7, 11) is 1.61. The number of carboxylic acids is 1. The number of nitrogens with zero attached hydrogens (tertiary/aromatic N) is 1. The number of para-hydroxylation sites is 1. The number of carbonyl (C=O) groups is 2. The van der Waals surface area contributed by atoms with Crippen molar-refractivity contribution in [3.63, 3.8) is 0 Å². The van der Waals surface area contributed by atoms with E-state index in [1.807, 2.05) is 52.0 Å². The molecule has 0 bridgehead atoms. The molecule has 0 fully saturated rings. The molecule has 1 atom stereocenters. The zero-order valence-electron chi connectivity index (χ0n) is 14.7. The van der Waals surface area contributed by atoms with Crippen molar-refractivity contribution in [2.45, 2.75) is 45.8 Å². The summed E-state index contributed by atoms with van der Waals surface area (Å²) in [6.07, 6.45) is -0.174. The van der Waals surface area contributed by atoms with E-state index < -0.39 is 23.7 Å². The number of fused-ring (bicyclic) bond motifs is 1. The van der Waals surface area contributed by atoms with Crippen LogP contribution in [0.25, 0.3) is 10.9 Å². The molecule has 2 rings (SSSR count). The van der Waals surface area contributed by atoms with Gasteiger partial charge in [0.15, 0.2) is 0 Å². The lowest BCUT2D eigenvalue weighted by Crippen LogP contribution is -2.36. The van der Waals surface area contributed by atoms with Gasteiger partial charge in [-0.25, -0.2) is 9.36 Å². The largest absolute Gasteiger partial charge is 0.480 e. The molecule has 0 saturated heterocycles. The van der Waals surface area contributed by atoms with Gasteiger partial charge in [0.05, 0.1) is 5.52 Å². The molecule has 0 aliphatic heterocycles. The third kappa shape index (κ3) is 3.59. The van der Waals surface area contributed by atoms with Crippen LogP contribution >= 0.6 is 0 Å². The number of carboxylic acid groups (broad SMARTS) is 1. The Hall–Kier alpha value is -2.34. The molecule has 0 amide bonds. The van der Waals surface area contributed by atoms with Gasteiger partial charge >= 0.3 is 12.1 Å². The molecule has 1 aromatic heterocycles. The van der Waals surface area contributed by atoms with E-state index in [1.54, 1.807) is 7.05 Å². The SMILES string of the molecule is CN[C@@H](Cc1c(C)n(C(=O)OC(C)(C)C)c2ccccc12)C(=O)O. The standard InChI is InChI=1S/C18H24N2O4/c1-11-13(10-14(19-5)16(21)22)12-8-6-7-9-15(12)20(11)17(23)24-18(2,3)4/h6-9,14,19H,10H2,1-5H3,(H,21,22)/t14-/m0/s1. The van der Waals surface area contributed by atoms with Crippen LogP contribution in [0, 0.1) is 6.92 Å². The van der Waals surface area contributed by atoms with Crippen molar-refractivity contribution in [3.8, 4) is 0 Å². The lowest BCUT2D eigenvalue weighted by molar-refractivity contribution is -0.139. The normalized spacial score (nSPS) is 13.0. The molecule has 2 N–H and O–H groups in total. The third-order valence-corrected chi connectivity index (χ3v) is 3.87. The van der Waals surface area contributed by atoms with E-state index in [4.69, 9.17) is 4.74 Å². The van der Waals surface area contributed by atoms with E-state index in [1.165, 1.54) is 4.57 Å². The first-order chi connectivity index (χ1) is 11.2. The molecule has 0 aliphatic carbocycles. The predicted molar refractivity (Wildman–Crippen MR) is 92.5 cm³/mol. The number of hydrogen-bond acceptors (Lipinski definition) is 4. The van der Waals surface area contributed by atoms with Crippen LogP contribution in [0.15, 0.2) is 24.3 Å². The Kier molecular flexibility index (Phi) is 4.99. The Balaban J connectivity index is 2.56. The summed E-state index contributed by atoms with van der Waals surface area (Å²) in [5, 5.41) is 13.0. The van der Waals surface area contributed by atoms with E-state index in [0.29, 0.717) is 5.69 Å². The molecule has 0 spiro atoms. The molecule has 1 aromatic carbocycles. The van der Waals surface area contributed by atoms with E-state index in [9.17, 15) is 14.7 Å². The molecule has 130 valence electrons. The molecular weight excluding hydrogens is 308 g/mol. The summed E-state index contributed by atoms with van der Waals surface area (Å²) in [5.41, 5.74) is 1.65. The second-order valence-corrected chi connectivity index (χ2v) is 6.78. The smallest absolute Gasteiger partial charge is 0.419 e. The lowest BCUT2D eigenvalue weighted by Gasteiger charge is -2.20. The van der Waals surface area contributed by atoms with Gasteiger partial charge in [0.25, 0.3) is 0 Å². The van der Waals surface area contributed by atoms with Crippen LogP contribution in [-0.4, -0.2) is 40.4 Å². The average molecular weight is 332 g/mol. The summed E-state index contributed by atoms with van der Waals surface area (Å²) in [4.78, 5) is 24.0. The fourth-order valence-corrected chi connectivity index (χ4v) is 2.75. The van der Waals surface area contributed by atoms with Crippen molar-refractivity contribution in [2.24, 2.45) is 0 Å². The molecule has 6 heteroatoms. The van der Waals surface area contributed by atoms with Crippen LogP contribution in [0.3, 0.4) is 0 Å². The number of ether oxygens (including phenoxy) is 1. The first-order valence-electron chi connectivity index (χ1n) is 7.88. The van der Waals surface area contributed by atoms with Gasteiger partial charge in [0.2, 0.25) is 0 Å². The highest BCUT2D eigenvalue weighted by Gasteiger charge is 2.26. The topological polar surface area (TPSA) is 80.6 Å². The predicted octanol–water partition coefficient (Wildman–Crippen LogP) is 2.95. The van der Waals surface area contributed by atoms with Crippen LogP contribution in [-0.2, 0) is 16.0 Å². The zero-order chi connectivity index (χ0) is 18.1. The maximum Gasteiger partial charge on any atom is 0.419 e. The number of aliphatic carboxylic acids is 1. The number of likely N-dealkylation sites (N-methyl/N-ethyl adjacent to an activating group) is 1. The zero-order valence-corrected chi connectivity index (χ0v) is 14.7. The van der Waals surface area contributed by atoms with Crippen molar-refractivity contribution in [1.82, 2.24) is 9.88 Å². The molecule has 0 aliphatic rings. The molecular formula is C18H24N2O4. The summed E-state index contributed by atoms with van der Waals surface area (Å²) < 4.78 is 7.02. The van der Waals surface area contributed by atoms with E-state index in [-0.39, 0.29) is 6.42 Å². The number of rotatable bonds is 4. The number of carbonyl (C=O) groups excluding carboxylic acids is 1. The summed E-state index contributed by atoms with van der Waals surface area (Å²) in [6, 6.07) is 6.73. The number of nitrogens with one attached hydrogen (secondary N) is 1. The molecule has 1 heterocycles. The van der Waals surface area contributed by atoms with Gasteiger partial charge in [-0.05, 0) is 46.4 Å². The van der Waals surface area contributed by atoms with Crippen LogP contribution in [0.2, 0.25) is 0 Å². The van der Waals surface area contributed by atoms with Crippen LogP contribution < -0.4 is 5.32 Å². The van der Waals surface area contributed by atoms with Crippen LogP contribution in [0.4, 0.5) is 4.79 Å². The van der Waals surface area contributed by atoms with Gasteiger partial charge in [0, 0.05) is 17.5 Å². The molecule has 0 radical (unpaired) electrons. The second-order valence-electron chi connectivity index (χ2n) is 6.78. The molecule has 0 saturated carbocycles. The minimum atomic E-state index is -0.925. The van der Waals surface area contributed by atoms with E-state index in [0.717, 1.165) is 16.5 Å². The minimum Gasteiger partial charge on any atom is -0.480 e. The molecule has 2 aromatic rings. The van der Waals surface area contributed by atoms with Crippen molar-refractivity contribution in [1.29, 1.82) is 0 Å². The number of aromatic nitrogens is 1. The van der Waals surface area contributed by atoms with Crippen molar-refractivity contribution in [2.75, 3.05) is 7.05 Å². The van der Waals surface area contributed by atoms with Crippen LogP contribution in [0.5, 0.6) is 0 Å². The van der Waals surface area contributed by atoms with Gasteiger partial charge in [-0.3, -0.25) is 4.79 Å². The Bertz CT molecular complexity index is 771. The highest BCUT2D eigenvalue weighted by atomic mass is 16.6. The fourth-order valence-electron chi connectivity index (χ4n) is 2.75. The van der Waals surface area contributed by atoms with E-state index >= 15 is 0 Å². The maximum absolute atomic E-state index is 12.6. The summed E-state index contributed by atoms with van der Waals surface area (Å²) >= 11 is 0. The highest BCUT2D eigenvalue weighted by molar-refractivity contribution is 5.94. The number of benzene rings is 1. The quantitative estimate of drug-likeness (QED) is 0.900. The Morgan fingerprint density at radius 3 is 2.46 bits per heavy atom. The molecule has 6 nitrogen and oxygen atoms in total. The van der Waals surface area contributed by atoms with Gasteiger partial charge < -0.3 is 15.2 Å². The molecule has 0 unspecified atom stereocenters. The fraction of sp³-hybridized carbons (Fsp3) is 0.444. The van der Waals surface area contributed by atoms with Gasteiger partial charge in [-0.2, -0.15) is 0 Å². The van der Waals surface area contributed by atoms with Gasteiger partial charge in [-0.1, -0.05) is 18.2 Å². The van der Waals surface area contributed by atoms with Crippen molar-refractivity contribution >= 4 is 23.0 Å². The van der Waals surface area contributed by atoms with E-state index in [2.05, 4.69) is 5.32 Å². The van der Waals surface area contributed by atoms with Gasteiger partial charge in [-0.15, -0.1) is 0 Å². The Morgan fingerprint density at radius 2 is 1.92 bits per heavy atom. The molecule has 24 heavy (non-hydrogen) atoms. The lowest BCUT2D eigenvalue weighted by atomic mass is 10.0. The van der Waals surface area contributed by atoms with Crippen molar-refractivity contribution in [3.05, 3.63) is 35.5 Å². The summed E-state index contributed by atoms with van der Waals surface area (Å²) in [6.45, 7) is 7.25. The third-order valence-electron chi connectivity index (χ3n) is 3.87. The number of hydrogen-bond donors (Lipinski definition) is 2. The minimum absolute atomic E-state index is 0.286. The Labute approximate surface area is 141 Å². The highest BCUT2D eigenvalue weighted by Crippen LogP contribution is 2.28. The second kappa shape index (κ2) is 6.65. The maximum atomic E-state index is 12.6. The first-order valence-corrected chi connectivity index (χ1v) is 7.88. The Morgan fingerprint density at radius 1 is 1.29 bits per heavy atom. The van der Waals surface area contributed by atoms with Gasteiger partial charge in [0.1, 0.15) is 11.6 Å². The monoisotopic (exact) mass is 332 g/mol. The summed E-state index contributed by atoms with van der Waals surface area (Å²) in [5.74, 6) is -0.925. The van der Waals surface area contributed by atoms with Crippen LogP contribution in [0.1, 0.15) is 32.0 Å².